The summed E-state index contributed by atoms with van der Waals surface area (Å²) in [5.74, 6) is 1.29. The lowest BCUT2D eigenvalue weighted by atomic mass is 9.65. The van der Waals surface area contributed by atoms with Gasteiger partial charge in [-0.2, -0.15) is 5.26 Å². The summed E-state index contributed by atoms with van der Waals surface area (Å²) < 4.78 is 6.24. The Hall–Kier alpha value is -4.81. The molecule has 0 saturated carbocycles. The van der Waals surface area contributed by atoms with E-state index in [2.05, 4.69) is 103 Å². The smallest absolute Gasteiger partial charge is 0.145 e. The van der Waals surface area contributed by atoms with Crippen LogP contribution >= 0.6 is 0 Å². The van der Waals surface area contributed by atoms with Gasteiger partial charge in [0.2, 0.25) is 0 Å². The van der Waals surface area contributed by atoms with E-state index in [4.69, 9.17) is 4.74 Å². The SMILES string of the molecule is CN1c2ccccc2C2(c3ccccc3-c3cc(Oc4ccccc4C#N)ccc32)c2ccccc21. The molecule has 0 N–H and O–H groups in total. The van der Waals surface area contributed by atoms with Gasteiger partial charge >= 0.3 is 0 Å². The summed E-state index contributed by atoms with van der Waals surface area (Å²) >= 11 is 0. The molecule has 0 amide bonds. The third kappa shape index (κ3) is 2.61. The largest absolute Gasteiger partial charge is 0.456 e. The summed E-state index contributed by atoms with van der Waals surface area (Å²) in [4.78, 5) is 2.30. The molecule has 0 radical (unpaired) electrons. The zero-order chi connectivity index (χ0) is 24.3. The monoisotopic (exact) mass is 462 g/mol. The average Bonchev–Trinajstić information content (AvgIpc) is 3.22. The Kier molecular flexibility index (Phi) is 4.34. The topological polar surface area (TPSA) is 36.3 Å². The molecule has 0 aromatic heterocycles. The van der Waals surface area contributed by atoms with Gasteiger partial charge in [0.05, 0.1) is 11.0 Å². The maximum absolute atomic E-state index is 9.52. The van der Waals surface area contributed by atoms with E-state index in [1.807, 2.05) is 24.3 Å². The van der Waals surface area contributed by atoms with Crippen LogP contribution in [0, 0.1) is 11.3 Å². The Labute approximate surface area is 210 Å². The van der Waals surface area contributed by atoms with Crippen molar-refractivity contribution in [2.24, 2.45) is 0 Å². The van der Waals surface area contributed by atoms with Crippen molar-refractivity contribution in [1.29, 1.82) is 5.26 Å². The number of para-hydroxylation sites is 3. The molecular weight excluding hydrogens is 440 g/mol. The van der Waals surface area contributed by atoms with Crippen LogP contribution in [0.4, 0.5) is 11.4 Å². The number of hydrogen-bond donors (Lipinski definition) is 0. The quantitative estimate of drug-likeness (QED) is 0.263. The summed E-state index contributed by atoms with van der Waals surface area (Å²) in [5, 5.41) is 9.52. The highest BCUT2D eigenvalue weighted by atomic mass is 16.5. The van der Waals surface area contributed by atoms with E-state index in [1.54, 1.807) is 6.07 Å². The van der Waals surface area contributed by atoms with Crippen molar-refractivity contribution in [3.63, 3.8) is 0 Å². The highest BCUT2D eigenvalue weighted by Crippen LogP contribution is 2.62. The lowest BCUT2D eigenvalue weighted by molar-refractivity contribution is 0.481. The molecule has 5 aromatic carbocycles. The number of nitrogens with zero attached hydrogens (tertiary/aromatic N) is 2. The predicted octanol–water partition coefficient (Wildman–Crippen LogP) is 7.79. The van der Waals surface area contributed by atoms with Gasteiger partial charge in [-0.1, -0.05) is 78.9 Å². The third-order valence-electron chi connectivity index (χ3n) is 7.59. The molecule has 0 atom stereocenters. The molecule has 1 aliphatic heterocycles. The van der Waals surface area contributed by atoms with Gasteiger partial charge in [0.25, 0.3) is 0 Å². The zero-order valence-electron chi connectivity index (χ0n) is 19.8. The molecule has 0 bridgehead atoms. The Morgan fingerprint density at radius 3 is 1.94 bits per heavy atom. The fourth-order valence-corrected chi connectivity index (χ4v) is 6.12. The molecule has 1 spiro atoms. The molecule has 3 nitrogen and oxygen atoms in total. The molecule has 0 saturated heterocycles. The summed E-state index contributed by atoms with van der Waals surface area (Å²) in [5.41, 5.74) is 9.97. The van der Waals surface area contributed by atoms with Crippen molar-refractivity contribution < 1.29 is 4.74 Å². The standard InChI is InChI=1S/C33H22N2O/c1-35-30-15-7-5-13-28(30)33(29-14-6-8-16-31(29)35)26-12-4-3-11-24(26)25-20-23(18-19-27(25)33)36-32-17-9-2-10-22(32)21-34/h2-20H,1H3. The molecule has 0 fully saturated rings. The van der Waals surface area contributed by atoms with Gasteiger partial charge in [-0.15, -0.1) is 0 Å². The minimum absolute atomic E-state index is 0.422. The Bertz CT molecular complexity index is 1660. The van der Waals surface area contributed by atoms with Crippen molar-refractivity contribution >= 4 is 11.4 Å². The van der Waals surface area contributed by atoms with Gasteiger partial charge in [-0.05, 0) is 69.8 Å². The molecular formula is C33H22N2O. The summed E-state index contributed by atoms with van der Waals surface area (Å²) in [6.45, 7) is 0. The van der Waals surface area contributed by atoms with Crippen molar-refractivity contribution in [2.75, 3.05) is 11.9 Å². The average molecular weight is 463 g/mol. The Morgan fingerprint density at radius 2 is 1.22 bits per heavy atom. The van der Waals surface area contributed by atoms with E-state index >= 15 is 0 Å². The van der Waals surface area contributed by atoms with Crippen LogP contribution in [0.2, 0.25) is 0 Å². The summed E-state index contributed by atoms with van der Waals surface area (Å²) in [6.07, 6.45) is 0. The third-order valence-corrected chi connectivity index (χ3v) is 7.59. The van der Waals surface area contributed by atoms with E-state index in [9.17, 15) is 5.26 Å². The van der Waals surface area contributed by atoms with E-state index < -0.39 is 5.41 Å². The van der Waals surface area contributed by atoms with Gasteiger partial charge in [0, 0.05) is 18.4 Å². The van der Waals surface area contributed by atoms with Crippen molar-refractivity contribution in [2.45, 2.75) is 5.41 Å². The Balaban J connectivity index is 1.52. The van der Waals surface area contributed by atoms with Gasteiger partial charge in [-0.25, -0.2) is 0 Å². The van der Waals surface area contributed by atoms with Crippen LogP contribution in [0.1, 0.15) is 27.8 Å². The highest BCUT2D eigenvalue weighted by Gasteiger charge is 2.50. The maximum atomic E-state index is 9.52. The number of anilines is 2. The summed E-state index contributed by atoms with van der Waals surface area (Å²) in [7, 11) is 2.15. The number of nitriles is 1. The first-order chi connectivity index (χ1) is 17.7. The zero-order valence-corrected chi connectivity index (χ0v) is 19.8. The predicted molar refractivity (Wildman–Crippen MR) is 143 cm³/mol. The number of hydrogen-bond acceptors (Lipinski definition) is 3. The van der Waals surface area contributed by atoms with Gasteiger partial charge in [0.1, 0.15) is 17.6 Å². The van der Waals surface area contributed by atoms with Crippen LogP contribution in [0.5, 0.6) is 11.5 Å². The molecule has 1 heterocycles. The van der Waals surface area contributed by atoms with E-state index in [0.717, 1.165) is 11.3 Å². The molecule has 5 aromatic rings. The minimum atomic E-state index is -0.422. The van der Waals surface area contributed by atoms with E-state index in [-0.39, 0.29) is 0 Å². The van der Waals surface area contributed by atoms with Gasteiger partial charge < -0.3 is 9.64 Å². The number of benzene rings is 5. The van der Waals surface area contributed by atoms with E-state index in [1.165, 1.54) is 39.2 Å². The molecule has 1 aliphatic carbocycles. The van der Waals surface area contributed by atoms with Crippen LogP contribution in [0.15, 0.2) is 115 Å². The summed E-state index contributed by atoms with van der Waals surface area (Å²) in [6, 6.07) is 42.1. The molecule has 170 valence electrons. The van der Waals surface area contributed by atoms with Crippen LogP contribution < -0.4 is 9.64 Å². The first-order valence-electron chi connectivity index (χ1n) is 12.1. The van der Waals surface area contributed by atoms with Crippen LogP contribution in [0.3, 0.4) is 0 Å². The Morgan fingerprint density at radius 1 is 0.639 bits per heavy atom. The fourth-order valence-electron chi connectivity index (χ4n) is 6.12. The maximum Gasteiger partial charge on any atom is 0.145 e. The van der Waals surface area contributed by atoms with Crippen LogP contribution in [0.25, 0.3) is 11.1 Å². The molecule has 2 aliphatic rings. The van der Waals surface area contributed by atoms with Gasteiger partial charge in [-0.3, -0.25) is 0 Å². The number of fused-ring (bicyclic) bond motifs is 9. The first kappa shape index (κ1) is 20.6. The second-order valence-electron chi connectivity index (χ2n) is 9.31. The lowest BCUT2D eigenvalue weighted by Crippen LogP contribution is -2.36. The molecule has 36 heavy (non-hydrogen) atoms. The first-order valence-corrected chi connectivity index (χ1v) is 12.1. The number of ether oxygens (including phenoxy) is 1. The normalized spacial score (nSPS) is 13.8. The van der Waals surface area contributed by atoms with Crippen molar-refractivity contribution in [3.8, 4) is 28.7 Å². The lowest BCUT2D eigenvalue weighted by Gasteiger charge is -2.43. The molecule has 3 heteroatoms. The number of rotatable bonds is 2. The second-order valence-corrected chi connectivity index (χ2v) is 9.31. The van der Waals surface area contributed by atoms with Crippen molar-refractivity contribution in [1.82, 2.24) is 0 Å². The van der Waals surface area contributed by atoms with E-state index in [0.29, 0.717) is 11.3 Å². The van der Waals surface area contributed by atoms with Crippen molar-refractivity contribution in [3.05, 3.63) is 143 Å². The van der Waals surface area contributed by atoms with Gasteiger partial charge in [0.15, 0.2) is 0 Å². The van der Waals surface area contributed by atoms with Crippen LogP contribution in [-0.4, -0.2) is 7.05 Å². The minimum Gasteiger partial charge on any atom is -0.456 e. The molecule has 0 unspecified atom stereocenters. The van der Waals surface area contributed by atoms with Crippen LogP contribution in [-0.2, 0) is 5.41 Å². The molecule has 7 rings (SSSR count). The fraction of sp³-hybridized carbons (Fsp3) is 0.0606. The second kappa shape index (κ2) is 7.60. The highest BCUT2D eigenvalue weighted by molar-refractivity contribution is 5.93.